The summed E-state index contributed by atoms with van der Waals surface area (Å²) in [6.07, 6.45) is 0. The lowest BCUT2D eigenvalue weighted by Crippen LogP contribution is -2.04. The number of benzene rings is 2. The van der Waals surface area contributed by atoms with Gasteiger partial charge in [0.2, 0.25) is 0 Å². The molecular formula is C18H16O6. The van der Waals surface area contributed by atoms with Crippen LogP contribution in [0.5, 0.6) is 11.5 Å². The molecule has 0 amide bonds. The molecule has 0 radical (unpaired) electrons. The van der Waals surface area contributed by atoms with Crippen molar-refractivity contribution in [2.24, 2.45) is 0 Å². The van der Waals surface area contributed by atoms with E-state index in [1.165, 1.54) is 12.1 Å². The Labute approximate surface area is 137 Å². The Kier molecular flexibility index (Phi) is 4.24. The molecule has 0 saturated carbocycles. The molecule has 1 aromatic heterocycles. The Balaban J connectivity index is 2.24. The number of ether oxygens (including phenoxy) is 1. The summed E-state index contributed by atoms with van der Waals surface area (Å²) in [7, 11) is 1.56. The van der Waals surface area contributed by atoms with Crippen LogP contribution < -0.4 is 10.2 Å². The number of rotatable bonds is 4. The van der Waals surface area contributed by atoms with E-state index >= 15 is 0 Å². The van der Waals surface area contributed by atoms with Crippen molar-refractivity contribution in [3.63, 3.8) is 0 Å². The zero-order chi connectivity index (χ0) is 17.3. The van der Waals surface area contributed by atoms with Gasteiger partial charge in [-0.1, -0.05) is 0 Å². The van der Waals surface area contributed by atoms with Gasteiger partial charge in [0.25, 0.3) is 0 Å². The van der Waals surface area contributed by atoms with Crippen LogP contribution in [0.3, 0.4) is 0 Å². The van der Waals surface area contributed by atoms with Gasteiger partial charge < -0.3 is 24.5 Å². The maximum atomic E-state index is 12.4. The van der Waals surface area contributed by atoms with Crippen LogP contribution in [0.2, 0.25) is 0 Å². The molecular weight excluding hydrogens is 312 g/mol. The molecule has 0 atom stereocenters. The minimum atomic E-state index is -0.489. The van der Waals surface area contributed by atoms with E-state index in [9.17, 15) is 20.1 Å². The van der Waals surface area contributed by atoms with Crippen LogP contribution in [0.1, 0.15) is 11.1 Å². The molecule has 0 unspecified atom stereocenters. The minimum Gasteiger partial charge on any atom is -0.507 e. The third-order valence-electron chi connectivity index (χ3n) is 3.89. The molecule has 6 nitrogen and oxygen atoms in total. The van der Waals surface area contributed by atoms with E-state index in [2.05, 4.69) is 0 Å². The third kappa shape index (κ3) is 2.62. The van der Waals surface area contributed by atoms with E-state index in [-0.39, 0.29) is 22.3 Å². The fourth-order valence-corrected chi connectivity index (χ4v) is 2.61. The number of aromatic hydroxyl groups is 1. The van der Waals surface area contributed by atoms with Crippen molar-refractivity contribution >= 4 is 11.0 Å². The predicted octanol–water partition coefficient (Wildman–Crippen LogP) is 2.16. The zero-order valence-corrected chi connectivity index (χ0v) is 12.9. The lowest BCUT2D eigenvalue weighted by molar-refractivity contribution is 0.255. The van der Waals surface area contributed by atoms with Crippen LogP contribution >= 0.6 is 0 Å². The first-order valence-corrected chi connectivity index (χ1v) is 7.26. The van der Waals surface area contributed by atoms with Gasteiger partial charge in [-0.2, -0.15) is 0 Å². The summed E-state index contributed by atoms with van der Waals surface area (Å²) < 4.78 is 10.8. The first kappa shape index (κ1) is 16.0. The second-order valence-corrected chi connectivity index (χ2v) is 5.26. The molecule has 3 N–H and O–H groups in total. The third-order valence-corrected chi connectivity index (χ3v) is 3.89. The maximum absolute atomic E-state index is 12.4. The molecule has 3 rings (SSSR count). The monoisotopic (exact) mass is 328 g/mol. The fourth-order valence-electron chi connectivity index (χ4n) is 2.61. The van der Waals surface area contributed by atoms with E-state index in [1.54, 1.807) is 31.4 Å². The molecule has 124 valence electrons. The van der Waals surface area contributed by atoms with Crippen LogP contribution in [-0.4, -0.2) is 22.4 Å². The molecule has 24 heavy (non-hydrogen) atoms. The molecule has 0 aliphatic rings. The van der Waals surface area contributed by atoms with Crippen LogP contribution in [0.25, 0.3) is 22.3 Å². The highest BCUT2D eigenvalue weighted by molar-refractivity contribution is 5.87. The van der Waals surface area contributed by atoms with E-state index in [0.717, 1.165) is 0 Å². The van der Waals surface area contributed by atoms with Gasteiger partial charge in [0.15, 0.2) is 5.43 Å². The molecule has 0 aliphatic carbocycles. The summed E-state index contributed by atoms with van der Waals surface area (Å²) in [4.78, 5) is 12.4. The van der Waals surface area contributed by atoms with Crippen molar-refractivity contribution < 1.29 is 24.5 Å². The number of aliphatic hydroxyl groups is 2. The lowest BCUT2D eigenvalue weighted by Gasteiger charge is -2.11. The molecule has 6 heteroatoms. The summed E-state index contributed by atoms with van der Waals surface area (Å²) >= 11 is 0. The molecule has 2 aromatic carbocycles. The van der Waals surface area contributed by atoms with Gasteiger partial charge in [-0.25, -0.2) is 0 Å². The van der Waals surface area contributed by atoms with E-state index < -0.39 is 18.6 Å². The van der Waals surface area contributed by atoms with Gasteiger partial charge in [0.1, 0.15) is 28.2 Å². The van der Waals surface area contributed by atoms with Crippen molar-refractivity contribution in [3.8, 4) is 22.8 Å². The fraction of sp³-hybridized carbons (Fsp3) is 0.167. The van der Waals surface area contributed by atoms with Crippen LogP contribution in [0.15, 0.2) is 45.6 Å². The quantitative estimate of drug-likeness (QED) is 0.678. The summed E-state index contributed by atoms with van der Waals surface area (Å²) in [6.45, 7) is -0.882. The van der Waals surface area contributed by atoms with Crippen LogP contribution in [0, 0.1) is 0 Å². The van der Waals surface area contributed by atoms with Crippen molar-refractivity contribution in [1.29, 1.82) is 0 Å². The van der Waals surface area contributed by atoms with Crippen molar-refractivity contribution in [1.82, 2.24) is 0 Å². The van der Waals surface area contributed by atoms with Crippen molar-refractivity contribution in [2.75, 3.05) is 7.11 Å². The topological polar surface area (TPSA) is 100 Å². The minimum absolute atomic E-state index is 0.0199. The number of fused-ring (bicyclic) bond motifs is 1. The Morgan fingerprint density at radius 3 is 2.38 bits per heavy atom. The summed E-state index contributed by atoms with van der Waals surface area (Å²) in [6, 6.07) is 9.71. The summed E-state index contributed by atoms with van der Waals surface area (Å²) in [5, 5.41) is 28.9. The SMILES string of the molecule is COc1ccc(-c2cc(=O)c3c(O)c(CO)c(CO)cc3o2)cc1. The average molecular weight is 328 g/mol. The molecule has 0 spiro atoms. The maximum Gasteiger partial charge on any atom is 0.197 e. The Morgan fingerprint density at radius 1 is 1.08 bits per heavy atom. The van der Waals surface area contributed by atoms with Crippen molar-refractivity contribution in [2.45, 2.75) is 13.2 Å². The lowest BCUT2D eigenvalue weighted by atomic mass is 10.0. The number of hydrogen-bond acceptors (Lipinski definition) is 6. The van der Waals surface area contributed by atoms with E-state index in [1.807, 2.05) is 0 Å². The van der Waals surface area contributed by atoms with E-state index in [0.29, 0.717) is 22.6 Å². The highest BCUT2D eigenvalue weighted by atomic mass is 16.5. The first-order valence-electron chi connectivity index (χ1n) is 7.26. The summed E-state index contributed by atoms with van der Waals surface area (Å²) in [5.74, 6) is 0.638. The Hall–Kier alpha value is -2.83. The first-order chi connectivity index (χ1) is 11.6. The van der Waals surface area contributed by atoms with Gasteiger partial charge in [0, 0.05) is 17.2 Å². The summed E-state index contributed by atoms with van der Waals surface area (Å²) in [5.41, 5.74) is 0.809. The van der Waals surface area contributed by atoms with Crippen LogP contribution in [-0.2, 0) is 13.2 Å². The van der Waals surface area contributed by atoms with Gasteiger partial charge in [-0.15, -0.1) is 0 Å². The smallest absolute Gasteiger partial charge is 0.197 e. The van der Waals surface area contributed by atoms with Crippen molar-refractivity contribution in [3.05, 3.63) is 57.7 Å². The average Bonchev–Trinajstić information content (AvgIpc) is 2.60. The molecule has 1 heterocycles. The second-order valence-electron chi connectivity index (χ2n) is 5.26. The number of phenols is 1. The largest absolute Gasteiger partial charge is 0.507 e. The molecule has 3 aromatic rings. The highest BCUT2D eigenvalue weighted by Crippen LogP contribution is 2.32. The number of hydrogen-bond donors (Lipinski definition) is 3. The van der Waals surface area contributed by atoms with Gasteiger partial charge in [-0.3, -0.25) is 4.79 Å². The molecule has 0 fully saturated rings. The molecule has 0 saturated heterocycles. The predicted molar refractivity (Wildman–Crippen MR) is 88.0 cm³/mol. The van der Waals surface area contributed by atoms with Gasteiger partial charge in [0.05, 0.1) is 20.3 Å². The molecule has 0 bridgehead atoms. The normalized spacial score (nSPS) is 11.0. The van der Waals surface area contributed by atoms with E-state index in [4.69, 9.17) is 9.15 Å². The van der Waals surface area contributed by atoms with Crippen LogP contribution in [0.4, 0.5) is 0 Å². The Bertz CT molecular complexity index is 940. The van der Waals surface area contributed by atoms with Gasteiger partial charge >= 0.3 is 0 Å². The Morgan fingerprint density at radius 2 is 1.79 bits per heavy atom. The second kappa shape index (κ2) is 6.35. The zero-order valence-electron chi connectivity index (χ0n) is 12.9. The standard InChI is InChI=1S/C18H16O6/c1-23-12-4-2-10(3-5-12)15-7-14(21)17-16(24-15)6-11(8-19)13(9-20)18(17)22/h2-7,19-20,22H,8-9H2,1H3. The molecule has 0 aliphatic heterocycles. The van der Waals surface area contributed by atoms with Gasteiger partial charge in [-0.05, 0) is 35.9 Å². The number of methoxy groups -OCH3 is 1. The highest BCUT2D eigenvalue weighted by Gasteiger charge is 2.17. The number of aliphatic hydroxyl groups excluding tert-OH is 2.